The van der Waals surface area contributed by atoms with E-state index in [1.165, 1.54) is 29.2 Å². The molecule has 1 amide bonds. The topological polar surface area (TPSA) is 80.5 Å². The Morgan fingerprint density at radius 2 is 1.24 bits per heavy atom. The molecule has 0 spiro atoms. The second kappa shape index (κ2) is 7.84. The Bertz CT molecular complexity index is 1330. The average Bonchev–Trinajstić information content (AvgIpc) is 3.14. The third-order valence-corrected chi connectivity index (χ3v) is 5.96. The molecule has 1 heterocycles. The van der Waals surface area contributed by atoms with Gasteiger partial charge in [-0.2, -0.15) is 0 Å². The molecule has 0 atom stereocenters. The number of fused-ring (bicyclic) bond motifs is 1. The SMILES string of the molecule is O=C(c1ccc([N+](=O)[O-])cc1)N1c2ccccc2C(=O)C1(c1ccccc1)c1ccccc1. The Morgan fingerprint density at radius 3 is 1.79 bits per heavy atom. The number of carbonyl (C=O) groups is 2. The first kappa shape index (κ1) is 20.3. The van der Waals surface area contributed by atoms with E-state index in [9.17, 15) is 19.7 Å². The highest BCUT2D eigenvalue weighted by Crippen LogP contribution is 2.49. The van der Waals surface area contributed by atoms with Gasteiger partial charge in [0.05, 0.1) is 10.6 Å². The van der Waals surface area contributed by atoms with E-state index < -0.39 is 16.4 Å². The minimum atomic E-state index is -1.41. The monoisotopic (exact) mass is 434 g/mol. The van der Waals surface area contributed by atoms with Crippen LogP contribution < -0.4 is 4.90 Å². The lowest BCUT2D eigenvalue weighted by molar-refractivity contribution is -0.384. The van der Waals surface area contributed by atoms with Crippen molar-refractivity contribution < 1.29 is 14.5 Å². The summed E-state index contributed by atoms with van der Waals surface area (Å²) in [6.45, 7) is 0. The van der Waals surface area contributed by atoms with Gasteiger partial charge in [-0.25, -0.2) is 0 Å². The number of Topliss-reactive ketones (excluding diaryl/α,β-unsaturated/α-hetero) is 1. The van der Waals surface area contributed by atoms with Gasteiger partial charge >= 0.3 is 0 Å². The van der Waals surface area contributed by atoms with Crippen molar-refractivity contribution in [3.8, 4) is 0 Å². The van der Waals surface area contributed by atoms with Gasteiger partial charge in [-0.05, 0) is 35.4 Å². The summed E-state index contributed by atoms with van der Waals surface area (Å²) in [5, 5.41) is 11.1. The number of amides is 1. The minimum absolute atomic E-state index is 0.109. The number of rotatable bonds is 4. The van der Waals surface area contributed by atoms with E-state index in [4.69, 9.17) is 0 Å². The molecule has 1 aliphatic rings. The van der Waals surface area contributed by atoms with Crippen LogP contribution in [0, 0.1) is 10.1 Å². The number of hydrogen-bond donors (Lipinski definition) is 0. The van der Waals surface area contributed by atoms with Crippen LogP contribution in [0.3, 0.4) is 0 Å². The Hall–Kier alpha value is -4.58. The molecule has 1 aliphatic heterocycles. The van der Waals surface area contributed by atoms with Crippen molar-refractivity contribution in [2.24, 2.45) is 0 Å². The molecular formula is C27H18N2O4. The van der Waals surface area contributed by atoms with Crippen molar-refractivity contribution in [3.63, 3.8) is 0 Å². The van der Waals surface area contributed by atoms with E-state index in [2.05, 4.69) is 0 Å². The minimum Gasteiger partial charge on any atom is -0.291 e. The predicted molar refractivity (Wildman–Crippen MR) is 124 cm³/mol. The van der Waals surface area contributed by atoms with Crippen molar-refractivity contribution in [2.75, 3.05) is 4.90 Å². The number of benzene rings is 4. The summed E-state index contributed by atoms with van der Waals surface area (Å²) in [6, 6.07) is 30.9. The molecule has 4 aromatic carbocycles. The second-order valence-corrected chi connectivity index (χ2v) is 7.73. The molecule has 0 unspecified atom stereocenters. The summed E-state index contributed by atoms with van der Waals surface area (Å²) < 4.78 is 0. The molecule has 6 heteroatoms. The van der Waals surface area contributed by atoms with Crippen LogP contribution in [0.2, 0.25) is 0 Å². The van der Waals surface area contributed by atoms with E-state index in [0.717, 1.165) is 0 Å². The van der Waals surface area contributed by atoms with Gasteiger partial charge in [-0.15, -0.1) is 0 Å². The van der Waals surface area contributed by atoms with Crippen molar-refractivity contribution in [1.29, 1.82) is 0 Å². The Labute approximate surface area is 189 Å². The fraction of sp³-hybridized carbons (Fsp3) is 0.0370. The molecule has 5 rings (SSSR count). The summed E-state index contributed by atoms with van der Waals surface area (Å²) >= 11 is 0. The van der Waals surface area contributed by atoms with Crippen LogP contribution >= 0.6 is 0 Å². The molecule has 6 nitrogen and oxygen atoms in total. The van der Waals surface area contributed by atoms with Gasteiger partial charge in [0.15, 0.2) is 11.3 Å². The molecule has 0 fully saturated rings. The number of carbonyl (C=O) groups excluding carboxylic acids is 2. The van der Waals surface area contributed by atoms with Gasteiger partial charge in [0.2, 0.25) is 0 Å². The van der Waals surface area contributed by atoms with Crippen molar-refractivity contribution >= 4 is 23.1 Å². The summed E-state index contributed by atoms with van der Waals surface area (Å²) in [7, 11) is 0. The lowest BCUT2D eigenvalue weighted by atomic mass is 9.78. The molecule has 0 radical (unpaired) electrons. The van der Waals surface area contributed by atoms with Crippen molar-refractivity contribution in [1.82, 2.24) is 0 Å². The molecule has 0 aliphatic carbocycles. The molecule has 0 saturated heterocycles. The van der Waals surface area contributed by atoms with Crippen LogP contribution in [0.1, 0.15) is 31.8 Å². The number of non-ortho nitro benzene ring substituents is 1. The van der Waals surface area contributed by atoms with Crippen molar-refractivity contribution in [3.05, 3.63) is 142 Å². The van der Waals surface area contributed by atoms with Gasteiger partial charge in [0, 0.05) is 23.3 Å². The van der Waals surface area contributed by atoms with Crippen LogP contribution in [0.5, 0.6) is 0 Å². The second-order valence-electron chi connectivity index (χ2n) is 7.73. The maximum atomic E-state index is 14.1. The van der Waals surface area contributed by atoms with Crippen LogP contribution in [-0.4, -0.2) is 16.6 Å². The number of para-hydroxylation sites is 1. The maximum Gasteiger partial charge on any atom is 0.269 e. The lowest BCUT2D eigenvalue weighted by Crippen LogP contribution is -2.51. The fourth-order valence-electron chi connectivity index (χ4n) is 4.50. The van der Waals surface area contributed by atoms with E-state index >= 15 is 0 Å². The normalized spacial score (nSPS) is 14.1. The highest BCUT2D eigenvalue weighted by Gasteiger charge is 2.56. The zero-order valence-electron chi connectivity index (χ0n) is 17.4. The summed E-state index contributed by atoms with van der Waals surface area (Å²) in [5.74, 6) is -0.623. The first-order valence-electron chi connectivity index (χ1n) is 10.4. The summed E-state index contributed by atoms with van der Waals surface area (Å²) in [6.07, 6.45) is 0. The number of hydrogen-bond acceptors (Lipinski definition) is 4. The number of anilines is 1. The molecule has 33 heavy (non-hydrogen) atoms. The zero-order valence-corrected chi connectivity index (χ0v) is 17.4. The smallest absolute Gasteiger partial charge is 0.269 e. The molecule has 0 aromatic heterocycles. The highest BCUT2D eigenvalue weighted by molar-refractivity contribution is 6.25. The van der Waals surface area contributed by atoms with Crippen LogP contribution in [0.4, 0.5) is 11.4 Å². The first-order valence-corrected chi connectivity index (χ1v) is 10.4. The fourth-order valence-corrected chi connectivity index (χ4v) is 4.50. The molecular weight excluding hydrogens is 416 g/mol. The Balaban J connectivity index is 1.79. The summed E-state index contributed by atoms with van der Waals surface area (Å²) in [4.78, 5) is 40.2. The first-order chi connectivity index (χ1) is 16.0. The van der Waals surface area contributed by atoms with Crippen molar-refractivity contribution in [2.45, 2.75) is 5.54 Å². The predicted octanol–water partition coefficient (Wildman–Crippen LogP) is 5.38. The van der Waals surface area contributed by atoms with Gasteiger partial charge in [-0.3, -0.25) is 24.6 Å². The average molecular weight is 434 g/mol. The van der Waals surface area contributed by atoms with Crippen LogP contribution in [0.15, 0.2) is 109 Å². The number of ketones is 1. The quantitative estimate of drug-likeness (QED) is 0.319. The molecule has 160 valence electrons. The van der Waals surface area contributed by atoms with E-state index in [0.29, 0.717) is 22.4 Å². The third kappa shape index (κ3) is 3.03. The van der Waals surface area contributed by atoms with Gasteiger partial charge in [-0.1, -0.05) is 72.8 Å². The maximum absolute atomic E-state index is 14.1. The van der Waals surface area contributed by atoms with Gasteiger partial charge in [0.1, 0.15) is 0 Å². The largest absolute Gasteiger partial charge is 0.291 e. The number of nitrogens with zero attached hydrogens (tertiary/aromatic N) is 2. The van der Waals surface area contributed by atoms with Gasteiger partial charge < -0.3 is 0 Å². The number of nitro groups is 1. The van der Waals surface area contributed by atoms with E-state index in [1.54, 1.807) is 24.3 Å². The molecule has 0 N–H and O–H groups in total. The highest BCUT2D eigenvalue weighted by atomic mass is 16.6. The Kier molecular flexibility index (Phi) is 4.83. The lowest BCUT2D eigenvalue weighted by Gasteiger charge is -2.38. The third-order valence-electron chi connectivity index (χ3n) is 5.96. The van der Waals surface area contributed by atoms with Crippen LogP contribution in [-0.2, 0) is 5.54 Å². The van der Waals surface area contributed by atoms with Gasteiger partial charge in [0.25, 0.3) is 11.6 Å². The van der Waals surface area contributed by atoms with E-state index in [-0.39, 0.29) is 17.0 Å². The zero-order chi connectivity index (χ0) is 23.0. The molecule has 0 bridgehead atoms. The molecule has 4 aromatic rings. The summed E-state index contributed by atoms with van der Waals surface area (Å²) in [5.41, 5.74) is 0.993. The standard InChI is InChI=1S/C27H18N2O4/c30-25-23-13-7-8-14-24(23)28(26(31)19-15-17-22(18-16-19)29(32)33)27(25,20-9-3-1-4-10-20)21-11-5-2-6-12-21/h1-18H. The van der Waals surface area contributed by atoms with Crippen LogP contribution in [0.25, 0.3) is 0 Å². The number of nitro benzene ring substituents is 1. The Morgan fingerprint density at radius 1 is 0.727 bits per heavy atom. The van der Waals surface area contributed by atoms with E-state index in [1.807, 2.05) is 60.7 Å². The molecule has 0 saturated carbocycles.